The van der Waals surface area contributed by atoms with Crippen LogP contribution in [0.15, 0.2) is 72.6 Å². The molecule has 1 heterocycles. The van der Waals surface area contributed by atoms with Gasteiger partial charge in [-0.25, -0.2) is 0 Å². The first kappa shape index (κ1) is 23.3. The minimum absolute atomic E-state index is 0.186. The zero-order chi connectivity index (χ0) is 22.4. The maximum absolute atomic E-state index is 13.1. The summed E-state index contributed by atoms with van der Waals surface area (Å²) in [5.41, 5.74) is 0.954. The summed E-state index contributed by atoms with van der Waals surface area (Å²) < 4.78 is 23.4. The van der Waals surface area contributed by atoms with Crippen LogP contribution in [0.1, 0.15) is 47.4 Å². The van der Waals surface area contributed by atoms with Crippen molar-refractivity contribution >= 4 is 19.2 Å². The molecule has 3 rings (SSSR count). The zero-order valence-corrected chi connectivity index (χ0v) is 18.5. The van der Waals surface area contributed by atoms with E-state index in [0.29, 0.717) is 17.5 Å². The van der Waals surface area contributed by atoms with Gasteiger partial charge in [0.05, 0.1) is 18.1 Å². The monoisotopic (exact) mass is 442 g/mol. The van der Waals surface area contributed by atoms with Crippen molar-refractivity contribution in [1.29, 1.82) is 0 Å². The van der Waals surface area contributed by atoms with Gasteiger partial charge in [0.25, 0.3) is 0 Å². The third kappa shape index (κ3) is 6.08. The molecule has 6 nitrogen and oxygen atoms in total. The van der Waals surface area contributed by atoms with Crippen LogP contribution in [-0.4, -0.2) is 34.8 Å². The molecule has 5 atom stereocenters. The number of carbonyl (C=O) groups is 2. The lowest BCUT2D eigenvalue weighted by molar-refractivity contribution is 0.0413. The van der Waals surface area contributed by atoms with Crippen LogP contribution in [-0.2, 0) is 13.8 Å². The number of ether oxygens (including phenoxy) is 1. The highest BCUT2D eigenvalue weighted by Gasteiger charge is 2.43. The third-order valence-electron chi connectivity index (χ3n) is 5.28. The van der Waals surface area contributed by atoms with E-state index in [1.807, 2.05) is 13.0 Å². The molecule has 1 aliphatic rings. The summed E-state index contributed by atoms with van der Waals surface area (Å²) in [7, 11) is -3.95. The van der Waals surface area contributed by atoms with E-state index >= 15 is 0 Å². The molecule has 0 saturated carbocycles. The topological polar surface area (TPSA) is 89.9 Å². The van der Waals surface area contributed by atoms with E-state index in [9.17, 15) is 19.0 Å². The SMILES string of the molecule is CCC(C)OP(=O)(O)C=CC1CC(C(=O)c2ccccc2)C(C(=O)c2ccccc2)O1. The van der Waals surface area contributed by atoms with Crippen LogP contribution in [0.3, 0.4) is 0 Å². The molecule has 0 aromatic heterocycles. The van der Waals surface area contributed by atoms with Crippen LogP contribution in [0.25, 0.3) is 0 Å². The van der Waals surface area contributed by atoms with Gasteiger partial charge >= 0.3 is 7.60 Å². The molecule has 2 aromatic rings. The van der Waals surface area contributed by atoms with Gasteiger partial charge < -0.3 is 14.2 Å². The Morgan fingerprint density at radius 2 is 1.65 bits per heavy atom. The minimum atomic E-state index is -3.95. The van der Waals surface area contributed by atoms with Crippen molar-refractivity contribution in [1.82, 2.24) is 0 Å². The summed E-state index contributed by atoms with van der Waals surface area (Å²) >= 11 is 0. The highest BCUT2D eigenvalue weighted by atomic mass is 31.2. The first-order chi connectivity index (χ1) is 14.8. The summed E-state index contributed by atoms with van der Waals surface area (Å²) in [5, 5.41) is 0. The normalized spacial score (nSPS) is 24.0. The van der Waals surface area contributed by atoms with Gasteiger partial charge in [-0.1, -0.05) is 67.6 Å². The molecule has 0 radical (unpaired) electrons. The Balaban J connectivity index is 1.83. The van der Waals surface area contributed by atoms with Gasteiger partial charge in [-0.2, -0.15) is 0 Å². The average molecular weight is 442 g/mol. The Kier molecular flexibility index (Phi) is 7.74. The highest BCUT2D eigenvalue weighted by molar-refractivity contribution is 7.56. The van der Waals surface area contributed by atoms with Crippen LogP contribution < -0.4 is 0 Å². The molecule has 7 heteroatoms. The molecule has 0 aliphatic carbocycles. The molecule has 0 bridgehead atoms. The number of Topliss-reactive ketones (excluding diaryl/α,β-unsaturated/α-hetero) is 2. The van der Waals surface area contributed by atoms with Gasteiger partial charge in [-0.05, 0) is 25.8 Å². The van der Waals surface area contributed by atoms with Gasteiger partial charge in [0, 0.05) is 16.9 Å². The predicted octanol–water partition coefficient (Wildman–Crippen LogP) is 5.04. The fourth-order valence-corrected chi connectivity index (χ4v) is 4.63. The fourth-order valence-electron chi connectivity index (χ4n) is 3.48. The van der Waals surface area contributed by atoms with E-state index < -0.39 is 25.7 Å². The van der Waals surface area contributed by atoms with Crippen molar-refractivity contribution in [2.45, 2.75) is 45.0 Å². The first-order valence-corrected chi connectivity index (χ1v) is 12.0. The van der Waals surface area contributed by atoms with Gasteiger partial charge in [-0.15, -0.1) is 0 Å². The van der Waals surface area contributed by atoms with E-state index in [1.165, 1.54) is 6.08 Å². The average Bonchev–Trinajstić information content (AvgIpc) is 3.22. The lowest BCUT2D eigenvalue weighted by Crippen LogP contribution is -2.32. The third-order valence-corrected chi connectivity index (χ3v) is 6.49. The van der Waals surface area contributed by atoms with Crippen LogP contribution in [0.5, 0.6) is 0 Å². The van der Waals surface area contributed by atoms with Gasteiger partial charge in [0.2, 0.25) is 0 Å². The van der Waals surface area contributed by atoms with Crippen molar-refractivity contribution in [3.05, 3.63) is 83.7 Å². The molecule has 0 amide bonds. The highest BCUT2D eigenvalue weighted by Crippen LogP contribution is 2.46. The van der Waals surface area contributed by atoms with Crippen molar-refractivity contribution in [3.8, 4) is 0 Å². The fraction of sp³-hybridized carbons (Fsp3) is 0.333. The van der Waals surface area contributed by atoms with Crippen molar-refractivity contribution in [2.24, 2.45) is 5.92 Å². The molecule has 1 saturated heterocycles. The Morgan fingerprint density at radius 3 is 2.19 bits per heavy atom. The Hall–Kier alpha value is -2.37. The van der Waals surface area contributed by atoms with Crippen molar-refractivity contribution in [3.63, 3.8) is 0 Å². The van der Waals surface area contributed by atoms with Crippen molar-refractivity contribution < 1.29 is 28.3 Å². The molecular formula is C24H27O6P. The van der Waals surface area contributed by atoms with E-state index in [0.717, 1.165) is 5.82 Å². The first-order valence-electron chi connectivity index (χ1n) is 10.3. The maximum atomic E-state index is 13.1. The zero-order valence-electron chi connectivity index (χ0n) is 17.6. The van der Waals surface area contributed by atoms with Gasteiger partial charge in [-0.3, -0.25) is 14.2 Å². The molecule has 2 aromatic carbocycles. The Labute approximate surface area is 182 Å². The van der Waals surface area contributed by atoms with Crippen LogP contribution >= 0.6 is 7.60 Å². The van der Waals surface area contributed by atoms with Crippen LogP contribution in [0, 0.1) is 5.92 Å². The molecule has 31 heavy (non-hydrogen) atoms. The van der Waals surface area contributed by atoms with E-state index in [2.05, 4.69) is 0 Å². The number of rotatable bonds is 9. The standard InChI is InChI=1S/C24H27O6P/c1-3-17(2)30-31(27,28)15-14-20-16-21(22(25)18-10-6-4-7-11-18)24(29-20)23(26)19-12-8-5-9-13-19/h4-15,17,20-21,24H,3,16H2,1-2H3,(H,27,28). The largest absolute Gasteiger partial charge is 0.362 e. The summed E-state index contributed by atoms with van der Waals surface area (Å²) in [4.78, 5) is 36.3. The second kappa shape index (κ2) is 10.3. The van der Waals surface area contributed by atoms with Gasteiger partial charge in [0.15, 0.2) is 11.6 Å². The number of hydrogen-bond acceptors (Lipinski definition) is 5. The second-order valence-electron chi connectivity index (χ2n) is 7.63. The molecule has 1 aliphatic heterocycles. The quantitative estimate of drug-likeness (QED) is 0.432. The number of benzene rings is 2. The summed E-state index contributed by atoms with van der Waals surface area (Å²) in [5.74, 6) is -0.0792. The van der Waals surface area contributed by atoms with E-state index in [1.54, 1.807) is 61.5 Å². The summed E-state index contributed by atoms with van der Waals surface area (Å²) in [6, 6.07) is 17.4. The molecule has 1 N–H and O–H groups in total. The lowest BCUT2D eigenvalue weighted by Gasteiger charge is -2.16. The smallest absolute Gasteiger partial charge is 0.351 e. The number of ketones is 2. The van der Waals surface area contributed by atoms with E-state index in [4.69, 9.17) is 9.26 Å². The molecule has 5 unspecified atom stereocenters. The summed E-state index contributed by atoms with van der Waals surface area (Å²) in [6.45, 7) is 3.57. The Morgan fingerprint density at radius 1 is 1.10 bits per heavy atom. The van der Waals surface area contributed by atoms with Gasteiger partial charge in [0.1, 0.15) is 6.10 Å². The summed E-state index contributed by atoms with van der Waals surface area (Å²) in [6.07, 6.45) is 0.253. The molecular weight excluding hydrogens is 415 g/mol. The predicted molar refractivity (Wildman–Crippen MR) is 118 cm³/mol. The van der Waals surface area contributed by atoms with Crippen LogP contribution in [0.4, 0.5) is 0 Å². The molecule has 164 valence electrons. The van der Waals surface area contributed by atoms with E-state index in [-0.39, 0.29) is 24.1 Å². The lowest BCUT2D eigenvalue weighted by atomic mass is 9.87. The Bertz CT molecular complexity index is 913. The van der Waals surface area contributed by atoms with Crippen LogP contribution in [0.2, 0.25) is 0 Å². The molecule has 1 fully saturated rings. The number of hydrogen-bond donors (Lipinski definition) is 1. The molecule has 0 spiro atoms. The second-order valence-corrected chi connectivity index (χ2v) is 9.27. The van der Waals surface area contributed by atoms with Crippen molar-refractivity contribution in [2.75, 3.05) is 0 Å². The maximum Gasteiger partial charge on any atom is 0.351 e. The number of carbonyl (C=O) groups excluding carboxylic acids is 2. The minimum Gasteiger partial charge on any atom is -0.362 e.